The predicted octanol–water partition coefficient (Wildman–Crippen LogP) is 2.63. The van der Waals surface area contributed by atoms with Crippen molar-refractivity contribution in [3.63, 3.8) is 0 Å². The molecule has 0 aromatic carbocycles. The molecule has 2 nitrogen and oxygen atoms in total. The largest absolute Gasteiger partial charge is 0.481 e. The molecule has 14 heavy (non-hydrogen) atoms. The normalized spacial score (nSPS) is 46.6. The summed E-state index contributed by atoms with van der Waals surface area (Å²) >= 11 is 0. The Morgan fingerprint density at radius 1 is 1.43 bits per heavy atom. The lowest BCUT2D eigenvalue weighted by atomic mass is 9.71. The van der Waals surface area contributed by atoms with Gasteiger partial charge in [0.2, 0.25) is 0 Å². The van der Waals surface area contributed by atoms with Gasteiger partial charge >= 0.3 is 5.97 Å². The Morgan fingerprint density at radius 3 is 2.36 bits per heavy atom. The molecule has 0 radical (unpaired) electrons. The van der Waals surface area contributed by atoms with Gasteiger partial charge in [-0.2, -0.15) is 0 Å². The first-order valence-electron chi connectivity index (χ1n) is 5.39. The summed E-state index contributed by atoms with van der Waals surface area (Å²) in [4.78, 5) is 10.7. The summed E-state index contributed by atoms with van der Waals surface area (Å²) in [5, 5.41) is 8.77. The van der Waals surface area contributed by atoms with Crippen molar-refractivity contribution in [1.82, 2.24) is 0 Å². The standard InChI is InChI=1S/C11H17FO2/c1-11(12)5-7-2-3-8(6-11)9(7)4-10(13)14/h7-9H,2-6H2,1H3,(H,13,14). The van der Waals surface area contributed by atoms with Crippen LogP contribution in [0.1, 0.15) is 39.0 Å². The van der Waals surface area contributed by atoms with Crippen molar-refractivity contribution in [2.24, 2.45) is 17.8 Å². The molecule has 0 aromatic rings. The number of halogens is 1. The van der Waals surface area contributed by atoms with Gasteiger partial charge in [0.15, 0.2) is 0 Å². The summed E-state index contributed by atoms with van der Waals surface area (Å²) < 4.78 is 13.8. The van der Waals surface area contributed by atoms with Gasteiger partial charge in [-0.15, -0.1) is 0 Å². The molecule has 0 aromatic heterocycles. The Morgan fingerprint density at radius 2 is 1.93 bits per heavy atom. The van der Waals surface area contributed by atoms with Crippen LogP contribution >= 0.6 is 0 Å². The van der Waals surface area contributed by atoms with Crippen LogP contribution in [0, 0.1) is 17.8 Å². The van der Waals surface area contributed by atoms with Crippen LogP contribution < -0.4 is 0 Å². The van der Waals surface area contributed by atoms with Crippen LogP contribution in [0.5, 0.6) is 0 Å². The maximum atomic E-state index is 13.8. The minimum Gasteiger partial charge on any atom is -0.481 e. The molecule has 2 unspecified atom stereocenters. The lowest BCUT2D eigenvalue weighted by Gasteiger charge is -2.36. The van der Waals surface area contributed by atoms with Crippen LogP contribution in [0.25, 0.3) is 0 Å². The van der Waals surface area contributed by atoms with E-state index >= 15 is 0 Å². The van der Waals surface area contributed by atoms with Crippen molar-refractivity contribution in [2.75, 3.05) is 0 Å². The number of carbonyl (C=O) groups is 1. The van der Waals surface area contributed by atoms with E-state index in [1.807, 2.05) is 0 Å². The lowest BCUT2D eigenvalue weighted by Crippen LogP contribution is -2.35. The average molecular weight is 200 g/mol. The first-order chi connectivity index (χ1) is 6.48. The fraction of sp³-hybridized carbons (Fsp3) is 0.909. The second kappa shape index (κ2) is 3.21. The van der Waals surface area contributed by atoms with Gasteiger partial charge in [0.25, 0.3) is 0 Å². The van der Waals surface area contributed by atoms with Crippen LogP contribution in [-0.2, 0) is 4.79 Å². The van der Waals surface area contributed by atoms with E-state index in [1.165, 1.54) is 0 Å². The number of fused-ring (bicyclic) bond motifs is 2. The molecular formula is C11H17FO2. The molecule has 0 spiro atoms. The van der Waals surface area contributed by atoms with E-state index in [0.717, 1.165) is 12.8 Å². The average Bonchev–Trinajstić information content (AvgIpc) is 2.31. The maximum Gasteiger partial charge on any atom is 0.303 e. The monoisotopic (exact) mass is 200 g/mol. The van der Waals surface area contributed by atoms with Crippen molar-refractivity contribution in [1.29, 1.82) is 0 Å². The smallest absolute Gasteiger partial charge is 0.303 e. The summed E-state index contributed by atoms with van der Waals surface area (Å²) in [7, 11) is 0. The van der Waals surface area contributed by atoms with Crippen molar-refractivity contribution in [2.45, 2.75) is 44.7 Å². The highest BCUT2D eigenvalue weighted by Gasteiger charge is 2.48. The van der Waals surface area contributed by atoms with Crippen LogP contribution in [0.4, 0.5) is 4.39 Å². The number of alkyl halides is 1. The van der Waals surface area contributed by atoms with E-state index in [9.17, 15) is 9.18 Å². The van der Waals surface area contributed by atoms with Crippen LogP contribution in [0.3, 0.4) is 0 Å². The van der Waals surface area contributed by atoms with E-state index in [0.29, 0.717) is 24.7 Å². The molecule has 2 atom stereocenters. The third kappa shape index (κ3) is 1.77. The zero-order chi connectivity index (χ0) is 10.3. The van der Waals surface area contributed by atoms with Crippen LogP contribution in [0.15, 0.2) is 0 Å². The summed E-state index contributed by atoms with van der Waals surface area (Å²) in [6.07, 6.45) is 3.44. The highest BCUT2D eigenvalue weighted by Crippen LogP contribution is 2.52. The molecule has 2 rings (SSSR count). The van der Waals surface area contributed by atoms with Gasteiger partial charge in [0.05, 0.1) is 0 Å². The highest BCUT2D eigenvalue weighted by atomic mass is 19.1. The Bertz CT molecular complexity index is 234. The molecular weight excluding hydrogens is 183 g/mol. The first kappa shape index (κ1) is 9.94. The van der Waals surface area contributed by atoms with Gasteiger partial charge < -0.3 is 5.11 Å². The number of carboxylic acid groups (broad SMARTS) is 1. The van der Waals surface area contributed by atoms with Crippen molar-refractivity contribution >= 4 is 5.97 Å². The fourth-order valence-electron chi connectivity index (χ4n) is 3.46. The van der Waals surface area contributed by atoms with E-state index in [-0.39, 0.29) is 12.3 Å². The molecule has 0 saturated heterocycles. The van der Waals surface area contributed by atoms with E-state index in [1.54, 1.807) is 6.92 Å². The maximum absolute atomic E-state index is 13.8. The number of carboxylic acids is 1. The van der Waals surface area contributed by atoms with E-state index < -0.39 is 11.6 Å². The Kier molecular flexibility index (Phi) is 2.28. The molecule has 3 heteroatoms. The van der Waals surface area contributed by atoms with Crippen molar-refractivity contribution in [3.05, 3.63) is 0 Å². The summed E-state index contributed by atoms with van der Waals surface area (Å²) in [5.74, 6) is 0.158. The minimum absolute atomic E-state index is 0.241. The Labute approximate surface area is 83.5 Å². The second-order valence-electron chi connectivity index (χ2n) is 5.18. The number of hydrogen-bond donors (Lipinski definition) is 1. The minimum atomic E-state index is -1.04. The molecule has 2 bridgehead atoms. The third-order valence-corrected chi connectivity index (χ3v) is 3.91. The highest BCUT2D eigenvalue weighted by molar-refractivity contribution is 5.67. The molecule has 2 aliphatic carbocycles. The Hall–Kier alpha value is -0.600. The molecule has 2 aliphatic rings. The number of rotatable bonds is 2. The summed E-state index contributed by atoms with van der Waals surface area (Å²) in [5.41, 5.74) is -1.04. The predicted molar refractivity (Wildman–Crippen MR) is 50.7 cm³/mol. The SMILES string of the molecule is CC1(F)CC2CCC(C1)C2CC(=O)O. The van der Waals surface area contributed by atoms with Gasteiger partial charge in [-0.1, -0.05) is 0 Å². The van der Waals surface area contributed by atoms with E-state index in [2.05, 4.69) is 0 Å². The van der Waals surface area contributed by atoms with E-state index in [4.69, 9.17) is 5.11 Å². The number of aliphatic carboxylic acids is 1. The zero-order valence-corrected chi connectivity index (χ0v) is 8.50. The van der Waals surface area contributed by atoms with Gasteiger partial charge in [0.1, 0.15) is 5.67 Å². The summed E-state index contributed by atoms with van der Waals surface area (Å²) in [6, 6.07) is 0. The van der Waals surface area contributed by atoms with Gasteiger partial charge in [-0.25, -0.2) is 4.39 Å². The molecule has 0 aliphatic heterocycles. The first-order valence-corrected chi connectivity index (χ1v) is 5.39. The van der Waals surface area contributed by atoms with Gasteiger partial charge in [0, 0.05) is 6.42 Å². The van der Waals surface area contributed by atoms with Gasteiger partial charge in [-0.3, -0.25) is 4.79 Å². The van der Waals surface area contributed by atoms with Crippen LogP contribution in [-0.4, -0.2) is 16.7 Å². The fourth-order valence-corrected chi connectivity index (χ4v) is 3.46. The lowest BCUT2D eigenvalue weighted by molar-refractivity contribution is -0.139. The topological polar surface area (TPSA) is 37.3 Å². The molecule has 0 heterocycles. The zero-order valence-electron chi connectivity index (χ0n) is 8.50. The summed E-state index contributed by atoms with van der Waals surface area (Å²) in [6.45, 7) is 1.66. The quantitative estimate of drug-likeness (QED) is 0.744. The molecule has 0 amide bonds. The molecule has 1 N–H and O–H groups in total. The Balaban J connectivity index is 2.06. The molecule has 2 fully saturated rings. The van der Waals surface area contributed by atoms with Crippen molar-refractivity contribution < 1.29 is 14.3 Å². The third-order valence-electron chi connectivity index (χ3n) is 3.91. The van der Waals surface area contributed by atoms with Gasteiger partial charge in [-0.05, 0) is 50.4 Å². The molecule has 80 valence electrons. The number of hydrogen-bond acceptors (Lipinski definition) is 1. The molecule has 2 saturated carbocycles. The van der Waals surface area contributed by atoms with Crippen LogP contribution in [0.2, 0.25) is 0 Å². The van der Waals surface area contributed by atoms with Crippen molar-refractivity contribution in [3.8, 4) is 0 Å². The second-order valence-corrected chi connectivity index (χ2v) is 5.18.